The van der Waals surface area contributed by atoms with Crippen LogP contribution in [0.5, 0.6) is 0 Å². The molecule has 1 heteroatoms. The van der Waals surface area contributed by atoms with E-state index in [-0.39, 0.29) is 5.82 Å². The van der Waals surface area contributed by atoms with Crippen LogP contribution in [0.2, 0.25) is 0 Å². The van der Waals surface area contributed by atoms with Crippen molar-refractivity contribution in [1.29, 1.82) is 0 Å². The highest BCUT2D eigenvalue weighted by molar-refractivity contribution is 5.72. The van der Waals surface area contributed by atoms with Crippen LogP contribution < -0.4 is 0 Å². The summed E-state index contributed by atoms with van der Waals surface area (Å²) >= 11 is 0. The minimum Gasteiger partial charge on any atom is -0.206 e. The van der Waals surface area contributed by atoms with Crippen LogP contribution in [0.4, 0.5) is 4.39 Å². The molecule has 1 aliphatic carbocycles. The molecule has 0 radical (unpaired) electrons. The maximum Gasteiger partial charge on any atom is 0.130 e. The Morgan fingerprint density at radius 1 is 1.40 bits per heavy atom. The van der Waals surface area contributed by atoms with Crippen molar-refractivity contribution in [3.8, 4) is 0 Å². The van der Waals surface area contributed by atoms with Crippen LogP contribution in [0.3, 0.4) is 0 Å². The fourth-order valence-electron chi connectivity index (χ4n) is 1.99. The van der Waals surface area contributed by atoms with Crippen molar-refractivity contribution in [1.82, 2.24) is 0 Å². The first-order chi connectivity index (χ1) is 7.18. The molecule has 2 rings (SSSR count). The lowest BCUT2D eigenvalue weighted by molar-refractivity contribution is 0.624. The van der Waals surface area contributed by atoms with E-state index in [0.717, 1.165) is 24.0 Å². The molecular weight excluding hydrogens is 187 g/mol. The number of hydrogen-bond donors (Lipinski definition) is 0. The summed E-state index contributed by atoms with van der Waals surface area (Å²) in [6, 6.07) is 5.31. The van der Waals surface area contributed by atoms with E-state index in [4.69, 9.17) is 0 Å². The molecule has 0 bridgehead atoms. The zero-order chi connectivity index (χ0) is 10.8. The second kappa shape index (κ2) is 4.01. The summed E-state index contributed by atoms with van der Waals surface area (Å²) in [5.41, 5.74) is 3.91. The number of allylic oxidation sites excluding steroid dienone is 3. The summed E-state index contributed by atoms with van der Waals surface area (Å²) in [6.45, 7) is 5.63. The molecule has 0 unspecified atom stereocenters. The molecule has 0 aliphatic heterocycles. The number of benzene rings is 1. The molecule has 0 heterocycles. The first kappa shape index (κ1) is 10.2. The van der Waals surface area contributed by atoms with Gasteiger partial charge in [-0.2, -0.15) is 0 Å². The van der Waals surface area contributed by atoms with Gasteiger partial charge in [0.2, 0.25) is 0 Å². The Morgan fingerprint density at radius 2 is 2.20 bits per heavy atom. The second-order valence-electron chi connectivity index (χ2n) is 4.10. The third kappa shape index (κ3) is 2.01. The van der Waals surface area contributed by atoms with Crippen LogP contribution in [-0.2, 0) is 0 Å². The van der Waals surface area contributed by atoms with Crippen molar-refractivity contribution >= 4 is 11.1 Å². The average molecular weight is 202 g/mol. The predicted molar refractivity (Wildman–Crippen MR) is 62.9 cm³/mol. The molecule has 1 aromatic carbocycles. The Labute approximate surface area is 90.1 Å². The molecule has 0 spiro atoms. The Balaban J connectivity index is 2.42. The Hall–Kier alpha value is -1.37. The molecule has 15 heavy (non-hydrogen) atoms. The monoisotopic (exact) mass is 202 g/mol. The van der Waals surface area contributed by atoms with Gasteiger partial charge in [0, 0.05) is 5.56 Å². The summed E-state index contributed by atoms with van der Waals surface area (Å²) in [7, 11) is 0. The van der Waals surface area contributed by atoms with E-state index in [1.807, 2.05) is 19.1 Å². The topological polar surface area (TPSA) is 0 Å². The number of rotatable bonds is 2. The second-order valence-corrected chi connectivity index (χ2v) is 4.10. The van der Waals surface area contributed by atoms with E-state index >= 15 is 0 Å². The highest BCUT2D eigenvalue weighted by Gasteiger charge is 2.10. The van der Waals surface area contributed by atoms with Crippen LogP contribution in [0, 0.1) is 5.82 Å². The van der Waals surface area contributed by atoms with Gasteiger partial charge in [-0.3, -0.25) is 0 Å². The van der Waals surface area contributed by atoms with Gasteiger partial charge in [-0.15, -0.1) is 0 Å². The first-order valence-corrected chi connectivity index (χ1v) is 5.33. The van der Waals surface area contributed by atoms with Crippen molar-refractivity contribution < 1.29 is 4.39 Å². The van der Waals surface area contributed by atoms with Crippen LogP contribution in [-0.4, -0.2) is 0 Å². The Kier molecular flexibility index (Phi) is 2.72. The molecule has 0 aromatic heterocycles. The van der Waals surface area contributed by atoms with Crippen LogP contribution >= 0.6 is 0 Å². The highest BCUT2D eigenvalue weighted by Crippen LogP contribution is 2.29. The van der Waals surface area contributed by atoms with Crippen molar-refractivity contribution in [2.45, 2.75) is 26.2 Å². The zero-order valence-corrected chi connectivity index (χ0v) is 9.02. The largest absolute Gasteiger partial charge is 0.206 e. The van der Waals surface area contributed by atoms with Gasteiger partial charge in [0.1, 0.15) is 5.82 Å². The number of hydrogen-bond acceptors (Lipinski definition) is 0. The molecule has 1 aromatic rings. The Morgan fingerprint density at radius 3 is 2.80 bits per heavy atom. The molecule has 0 nitrogen and oxygen atoms in total. The first-order valence-electron chi connectivity index (χ1n) is 5.33. The normalized spacial score (nSPS) is 15.2. The van der Waals surface area contributed by atoms with Gasteiger partial charge >= 0.3 is 0 Å². The lowest BCUT2D eigenvalue weighted by atomic mass is 9.99. The van der Waals surface area contributed by atoms with Gasteiger partial charge in [-0.05, 0) is 55.0 Å². The predicted octanol–water partition coefficient (Wildman–Crippen LogP) is 4.43. The van der Waals surface area contributed by atoms with Gasteiger partial charge in [-0.25, -0.2) is 4.39 Å². The number of halogens is 1. The highest BCUT2D eigenvalue weighted by atomic mass is 19.1. The minimum atomic E-state index is -0.176. The van der Waals surface area contributed by atoms with Crippen molar-refractivity contribution in [3.63, 3.8) is 0 Å². The molecule has 0 atom stereocenters. The molecule has 0 amide bonds. The van der Waals surface area contributed by atoms with Gasteiger partial charge in [0.15, 0.2) is 0 Å². The standard InChI is InChI=1S/C14H15F/c1-10(2)13-9-12(7-8-14(13)15)11-5-3-4-6-11/h5,7-9H,1,3-4,6H2,2H3. The molecule has 0 saturated heterocycles. The molecule has 1 aliphatic rings. The third-order valence-electron chi connectivity index (χ3n) is 2.84. The van der Waals surface area contributed by atoms with Crippen LogP contribution in [0.15, 0.2) is 30.9 Å². The maximum atomic E-state index is 13.4. The van der Waals surface area contributed by atoms with Gasteiger partial charge < -0.3 is 0 Å². The van der Waals surface area contributed by atoms with E-state index in [1.54, 1.807) is 6.07 Å². The molecule has 0 fully saturated rings. The SMILES string of the molecule is C=C(C)c1cc(C2=CCCC2)ccc1F. The van der Waals surface area contributed by atoms with Crippen LogP contribution in [0.25, 0.3) is 11.1 Å². The van der Waals surface area contributed by atoms with Crippen LogP contribution in [0.1, 0.15) is 37.3 Å². The molecular formula is C14H15F. The maximum absolute atomic E-state index is 13.4. The van der Waals surface area contributed by atoms with Gasteiger partial charge in [0.25, 0.3) is 0 Å². The summed E-state index contributed by atoms with van der Waals surface area (Å²) in [6.07, 6.45) is 5.72. The summed E-state index contributed by atoms with van der Waals surface area (Å²) in [4.78, 5) is 0. The van der Waals surface area contributed by atoms with Gasteiger partial charge in [0.05, 0.1) is 0 Å². The third-order valence-corrected chi connectivity index (χ3v) is 2.84. The zero-order valence-electron chi connectivity index (χ0n) is 9.02. The van der Waals surface area contributed by atoms with Crippen molar-refractivity contribution in [2.24, 2.45) is 0 Å². The molecule has 78 valence electrons. The fraction of sp³-hybridized carbons (Fsp3) is 0.286. The van der Waals surface area contributed by atoms with E-state index in [9.17, 15) is 4.39 Å². The Bertz CT molecular complexity index is 427. The lowest BCUT2D eigenvalue weighted by Gasteiger charge is -2.07. The average Bonchev–Trinajstić information content (AvgIpc) is 2.71. The van der Waals surface area contributed by atoms with Gasteiger partial charge in [-0.1, -0.05) is 18.7 Å². The lowest BCUT2D eigenvalue weighted by Crippen LogP contribution is -1.89. The molecule has 0 N–H and O–H groups in total. The van der Waals surface area contributed by atoms with E-state index in [1.165, 1.54) is 12.0 Å². The van der Waals surface area contributed by atoms with E-state index in [0.29, 0.717) is 5.56 Å². The molecule has 0 saturated carbocycles. The minimum absolute atomic E-state index is 0.176. The van der Waals surface area contributed by atoms with Crippen molar-refractivity contribution in [2.75, 3.05) is 0 Å². The van der Waals surface area contributed by atoms with Crippen molar-refractivity contribution in [3.05, 3.63) is 47.8 Å². The smallest absolute Gasteiger partial charge is 0.130 e. The summed E-state index contributed by atoms with van der Waals surface area (Å²) in [5, 5.41) is 0. The summed E-state index contributed by atoms with van der Waals surface area (Å²) in [5.74, 6) is -0.176. The fourth-order valence-corrected chi connectivity index (χ4v) is 1.99. The summed E-state index contributed by atoms with van der Waals surface area (Å²) < 4.78 is 13.4. The van der Waals surface area contributed by atoms with E-state index < -0.39 is 0 Å². The quantitative estimate of drug-likeness (QED) is 0.665. The van der Waals surface area contributed by atoms with E-state index in [2.05, 4.69) is 12.7 Å².